The van der Waals surface area contributed by atoms with Crippen molar-refractivity contribution in [2.75, 3.05) is 0 Å². The summed E-state index contributed by atoms with van der Waals surface area (Å²) in [4.78, 5) is 38.3. The topological polar surface area (TPSA) is 93.1 Å². The average molecular weight is 434 g/mol. The van der Waals surface area contributed by atoms with Crippen molar-refractivity contribution >= 4 is 11.8 Å². The van der Waals surface area contributed by atoms with Crippen molar-refractivity contribution in [3.8, 4) is 5.69 Å². The Morgan fingerprint density at radius 3 is 2.50 bits per heavy atom. The summed E-state index contributed by atoms with van der Waals surface area (Å²) in [5.41, 5.74) is 0.351. The quantitative estimate of drug-likeness (QED) is 0.597. The zero-order valence-corrected chi connectivity index (χ0v) is 17.5. The number of benzene rings is 2. The number of aryl methyl sites for hydroxylation is 1. The van der Waals surface area contributed by atoms with E-state index in [-0.39, 0.29) is 24.1 Å². The number of nitrogens with zero attached hydrogens (tertiary/aromatic N) is 2. The predicted octanol–water partition coefficient (Wildman–Crippen LogP) is 2.30. The zero-order chi connectivity index (χ0) is 22.7. The Kier molecular flexibility index (Phi) is 6.11. The molecule has 1 saturated carbocycles. The molecule has 1 aliphatic rings. The van der Waals surface area contributed by atoms with Crippen molar-refractivity contribution in [1.82, 2.24) is 20.4 Å². The first-order chi connectivity index (χ1) is 15.4. The number of carbonyl (C=O) groups excluding carboxylic acids is 2. The van der Waals surface area contributed by atoms with E-state index < -0.39 is 28.9 Å². The third kappa shape index (κ3) is 4.91. The van der Waals surface area contributed by atoms with Crippen LogP contribution in [0.4, 0.5) is 4.39 Å². The molecule has 4 rings (SSSR count). The summed E-state index contributed by atoms with van der Waals surface area (Å²) in [6.45, 7) is 1.60. The molecule has 1 unspecified atom stereocenters. The molecule has 0 aliphatic heterocycles. The van der Waals surface area contributed by atoms with E-state index in [9.17, 15) is 18.8 Å². The number of amides is 2. The number of para-hydroxylation sites is 1. The summed E-state index contributed by atoms with van der Waals surface area (Å²) in [5.74, 6) is -1.64. The lowest BCUT2D eigenvalue weighted by Crippen LogP contribution is -2.49. The van der Waals surface area contributed by atoms with E-state index in [2.05, 4.69) is 15.7 Å². The lowest BCUT2D eigenvalue weighted by atomic mass is 10.0. The number of hydrogen-bond donors (Lipinski definition) is 2. The normalized spacial score (nSPS) is 13.9. The maximum Gasteiger partial charge on any atom is 0.276 e. The van der Waals surface area contributed by atoms with Crippen molar-refractivity contribution in [3.63, 3.8) is 0 Å². The first-order valence-corrected chi connectivity index (χ1v) is 10.4. The van der Waals surface area contributed by atoms with Gasteiger partial charge in [-0.2, -0.15) is 5.10 Å². The molecule has 2 N–H and O–H groups in total. The van der Waals surface area contributed by atoms with Gasteiger partial charge in [-0.3, -0.25) is 14.4 Å². The molecule has 0 saturated heterocycles. The number of nitrogens with one attached hydrogen (secondary N) is 2. The molecule has 1 aliphatic carbocycles. The van der Waals surface area contributed by atoms with E-state index in [4.69, 9.17) is 0 Å². The van der Waals surface area contributed by atoms with E-state index in [0.717, 1.165) is 18.4 Å². The van der Waals surface area contributed by atoms with Gasteiger partial charge >= 0.3 is 0 Å². The molecule has 7 nitrogen and oxygen atoms in total. The van der Waals surface area contributed by atoms with Crippen LogP contribution >= 0.6 is 0 Å². The Bertz CT molecular complexity index is 1210. The molecule has 32 heavy (non-hydrogen) atoms. The molecule has 0 radical (unpaired) electrons. The van der Waals surface area contributed by atoms with Gasteiger partial charge in [-0.05, 0) is 37.5 Å². The number of carbonyl (C=O) groups is 2. The second kappa shape index (κ2) is 9.13. The number of hydrogen-bond acceptors (Lipinski definition) is 4. The summed E-state index contributed by atoms with van der Waals surface area (Å²) < 4.78 is 15.5. The van der Waals surface area contributed by atoms with Gasteiger partial charge < -0.3 is 10.6 Å². The zero-order valence-electron chi connectivity index (χ0n) is 17.5. The third-order valence-electron chi connectivity index (χ3n) is 5.23. The molecule has 0 spiro atoms. The van der Waals surface area contributed by atoms with Crippen molar-refractivity contribution < 1.29 is 14.0 Å². The van der Waals surface area contributed by atoms with Gasteiger partial charge in [-0.15, -0.1) is 0 Å². The Labute approximate surface area is 184 Å². The van der Waals surface area contributed by atoms with Gasteiger partial charge in [0.2, 0.25) is 11.3 Å². The van der Waals surface area contributed by atoms with Gasteiger partial charge in [0.25, 0.3) is 5.91 Å². The average Bonchev–Trinajstić information content (AvgIpc) is 3.59. The van der Waals surface area contributed by atoms with E-state index >= 15 is 0 Å². The summed E-state index contributed by atoms with van der Waals surface area (Å²) >= 11 is 0. The van der Waals surface area contributed by atoms with Crippen LogP contribution in [0.2, 0.25) is 0 Å². The Morgan fingerprint density at radius 1 is 1.12 bits per heavy atom. The second-order valence-electron chi connectivity index (χ2n) is 7.86. The van der Waals surface area contributed by atoms with E-state index in [1.807, 2.05) is 30.3 Å². The summed E-state index contributed by atoms with van der Waals surface area (Å²) in [7, 11) is 0. The molecular weight excluding hydrogens is 411 g/mol. The maximum atomic E-state index is 14.3. The minimum Gasteiger partial charge on any atom is -0.352 e. The van der Waals surface area contributed by atoms with Crippen molar-refractivity contribution in [2.45, 2.75) is 38.3 Å². The van der Waals surface area contributed by atoms with Gasteiger partial charge in [-0.25, -0.2) is 9.07 Å². The molecule has 0 bridgehead atoms. The van der Waals surface area contributed by atoms with Gasteiger partial charge in [-0.1, -0.05) is 42.5 Å². The summed E-state index contributed by atoms with van der Waals surface area (Å²) in [5, 5.41) is 9.66. The minimum atomic E-state index is -0.880. The fourth-order valence-corrected chi connectivity index (χ4v) is 3.39. The van der Waals surface area contributed by atoms with Crippen molar-refractivity contribution in [1.29, 1.82) is 0 Å². The molecule has 1 heterocycles. The fourth-order valence-electron chi connectivity index (χ4n) is 3.39. The van der Waals surface area contributed by atoms with Crippen LogP contribution in [0.25, 0.3) is 5.69 Å². The predicted molar refractivity (Wildman–Crippen MR) is 117 cm³/mol. The Morgan fingerprint density at radius 2 is 1.81 bits per heavy atom. The molecule has 8 heteroatoms. The van der Waals surface area contributed by atoms with Crippen molar-refractivity contribution in [2.24, 2.45) is 0 Å². The Balaban J connectivity index is 1.62. The molecule has 1 atom stereocenters. The Hall–Kier alpha value is -3.81. The molecule has 2 aromatic carbocycles. The number of rotatable bonds is 7. The molecule has 1 fully saturated rings. The highest BCUT2D eigenvalue weighted by atomic mass is 19.1. The second-order valence-corrected chi connectivity index (χ2v) is 7.86. The minimum absolute atomic E-state index is 0.117. The lowest BCUT2D eigenvalue weighted by molar-refractivity contribution is -0.123. The van der Waals surface area contributed by atoms with Crippen LogP contribution in [0.3, 0.4) is 0 Å². The van der Waals surface area contributed by atoms with Gasteiger partial charge in [0.05, 0.1) is 0 Å². The van der Waals surface area contributed by atoms with Crippen LogP contribution in [-0.4, -0.2) is 33.7 Å². The van der Waals surface area contributed by atoms with Crippen LogP contribution in [0, 0.1) is 12.7 Å². The van der Waals surface area contributed by atoms with Crippen LogP contribution in [-0.2, 0) is 11.2 Å². The van der Waals surface area contributed by atoms with Crippen LogP contribution in [0.1, 0.15) is 34.6 Å². The van der Waals surface area contributed by atoms with Gasteiger partial charge in [0, 0.05) is 24.2 Å². The van der Waals surface area contributed by atoms with E-state index in [1.54, 1.807) is 13.0 Å². The first-order valence-electron chi connectivity index (χ1n) is 10.4. The monoisotopic (exact) mass is 434 g/mol. The largest absolute Gasteiger partial charge is 0.352 e. The van der Waals surface area contributed by atoms with E-state index in [0.29, 0.717) is 5.69 Å². The van der Waals surface area contributed by atoms with Gasteiger partial charge in [0.15, 0.2) is 5.69 Å². The highest BCUT2D eigenvalue weighted by molar-refractivity contribution is 5.96. The fraction of sp³-hybridized carbons (Fsp3) is 0.250. The smallest absolute Gasteiger partial charge is 0.276 e. The standard InChI is InChI=1S/C24H23FN4O3/c1-15-13-21(30)22(28-29(15)20-10-6-5-9-18(20)25)24(32)27-19(23(31)26-17-11-12-17)14-16-7-3-2-4-8-16/h2-10,13,17,19H,11-12,14H2,1H3,(H,26,31)(H,27,32). The summed E-state index contributed by atoms with van der Waals surface area (Å²) in [6, 6.07) is 15.7. The molecule has 164 valence electrons. The highest BCUT2D eigenvalue weighted by Crippen LogP contribution is 2.19. The lowest BCUT2D eigenvalue weighted by Gasteiger charge is -2.19. The SMILES string of the molecule is Cc1cc(=O)c(C(=O)NC(Cc2ccccc2)C(=O)NC2CC2)nn1-c1ccccc1F. The van der Waals surface area contributed by atoms with Crippen LogP contribution in [0.15, 0.2) is 65.5 Å². The number of aromatic nitrogens is 2. The third-order valence-corrected chi connectivity index (χ3v) is 5.23. The number of halogens is 1. The van der Waals surface area contributed by atoms with E-state index in [1.165, 1.54) is 28.9 Å². The summed E-state index contributed by atoms with van der Waals surface area (Å²) in [6.07, 6.45) is 2.08. The first kappa shape index (κ1) is 21.4. The highest BCUT2D eigenvalue weighted by Gasteiger charge is 2.29. The van der Waals surface area contributed by atoms with Crippen LogP contribution in [0.5, 0.6) is 0 Å². The van der Waals surface area contributed by atoms with Gasteiger partial charge in [0.1, 0.15) is 17.5 Å². The van der Waals surface area contributed by atoms with Crippen LogP contribution < -0.4 is 16.1 Å². The molecule has 3 aromatic rings. The molecule has 2 amide bonds. The molecule has 1 aromatic heterocycles. The molecular formula is C24H23FN4O3. The maximum absolute atomic E-state index is 14.3. The van der Waals surface area contributed by atoms with Crippen molar-refractivity contribution in [3.05, 3.63) is 93.7 Å².